The minimum Gasteiger partial charge on any atom is -0.316 e. The summed E-state index contributed by atoms with van der Waals surface area (Å²) in [4.78, 5) is 6.05. The Morgan fingerprint density at radius 2 is 1.81 bits per heavy atom. The van der Waals surface area contributed by atoms with E-state index in [1.165, 1.54) is 21.1 Å². The van der Waals surface area contributed by atoms with Crippen LogP contribution in [0.4, 0.5) is 0 Å². The maximum Gasteiger partial charge on any atom is 0.0937 e. The normalized spacial score (nSPS) is 12.8. The third kappa shape index (κ3) is 4.94. The van der Waals surface area contributed by atoms with Crippen LogP contribution in [0.5, 0.6) is 0 Å². The molecule has 2 aromatic rings. The molecule has 0 amide bonds. The molecule has 0 aliphatic rings. The molecule has 1 N–H and O–H groups in total. The van der Waals surface area contributed by atoms with Crippen molar-refractivity contribution >= 4 is 11.3 Å². The molecule has 1 aromatic heterocycles. The Morgan fingerprint density at radius 3 is 2.38 bits per heavy atom. The highest BCUT2D eigenvalue weighted by molar-refractivity contribution is 7.11. The van der Waals surface area contributed by atoms with E-state index >= 15 is 0 Å². The second-order valence-corrected chi connectivity index (χ2v) is 7.40. The van der Waals surface area contributed by atoms with Gasteiger partial charge in [0.15, 0.2) is 0 Å². The number of benzene rings is 1. The lowest BCUT2D eigenvalue weighted by Crippen LogP contribution is -2.26. The van der Waals surface area contributed by atoms with Crippen LogP contribution in [-0.4, -0.2) is 18.1 Å². The highest BCUT2D eigenvalue weighted by Crippen LogP contribution is 2.24. The summed E-state index contributed by atoms with van der Waals surface area (Å²) < 4.78 is 0. The standard InChI is InChI=1S/C18H26N2S/c1-13(2)11-19-12-17(16-8-6-5-7-9-16)10-18-20-14(3)15(4)21-18/h5-9,13,17,19H,10-12H2,1-4H3. The summed E-state index contributed by atoms with van der Waals surface area (Å²) in [5.74, 6) is 1.18. The summed E-state index contributed by atoms with van der Waals surface area (Å²) in [6.45, 7) is 10.8. The molecular weight excluding hydrogens is 276 g/mol. The fourth-order valence-electron chi connectivity index (χ4n) is 2.42. The molecule has 1 atom stereocenters. The lowest BCUT2D eigenvalue weighted by Gasteiger charge is -2.18. The average molecular weight is 302 g/mol. The number of thiazole rings is 1. The van der Waals surface area contributed by atoms with Crippen LogP contribution in [0.25, 0.3) is 0 Å². The Balaban J connectivity index is 2.08. The zero-order valence-corrected chi connectivity index (χ0v) is 14.3. The van der Waals surface area contributed by atoms with Crippen molar-refractivity contribution in [2.24, 2.45) is 5.92 Å². The van der Waals surface area contributed by atoms with E-state index in [0.717, 1.165) is 19.5 Å². The van der Waals surface area contributed by atoms with Gasteiger partial charge >= 0.3 is 0 Å². The van der Waals surface area contributed by atoms with Gasteiger partial charge in [-0.3, -0.25) is 0 Å². The third-order valence-electron chi connectivity index (χ3n) is 3.71. The van der Waals surface area contributed by atoms with E-state index in [1.54, 1.807) is 0 Å². The number of hydrogen-bond acceptors (Lipinski definition) is 3. The van der Waals surface area contributed by atoms with E-state index in [4.69, 9.17) is 4.98 Å². The van der Waals surface area contributed by atoms with Crippen LogP contribution in [-0.2, 0) is 6.42 Å². The van der Waals surface area contributed by atoms with Gasteiger partial charge in [-0.15, -0.1) is 11.3 Å². The first kappa shape index (κ1) is 16.2. The van der Waals surface area contributed by atoms with Gasteiger partial charge in [0.1, 0.15) is 0 Å². The predicted molar refractivity (Wildman–Crippen MR) is 92.2 cm³/mol. The molecule has 114 valence electrons. The van der Waals surface area contributed by atoms with Crippen molar-refractivity contribution in [3.63, 3.8) is 0 Å². The molecule has 0 spiro atoms. The molecule has 2 rings (SSSR count). The first-order valence-electron chi connectivity index (χ1n) is 7.74. The summed E-state index contributed by atoms with van der Waals surface area (Å²) in [5, 5.41) is 4.86. The van der Waals surface area contributed by atoms with Crippen molar-refractivity contribution < 1.29 is 0 Å². The maximum atomic E-state index is 4.71. The van der Waals surface area contributed by atoms with Crippen molar-refractivity contribution in [1.29, 1.82) is 0 Å². The van der Waals surface area contributed by atoms with Crippen LogP contribution < -0.4 is 5.32 Å². The molecule has 0 aliphatic carbocycles. The molecule has 21 heavy (non-hydrogen) atoms. The highest BCUT2D eigenvalue weighted by Gasteiger charge is 2.15. The summed E-state index contributed by atoms with van der Waals surface area (Å²) in [6.07, 6.45) is 1.02. The van der Waals surface area contributed by atoms with Crippen LogP contribution in [0.15, 0.2) is 30.3 Å². The minimum atomic E-state index is 0.495. The van der Waals surface area contributed by atoms with E-state index in [1.807, 2.05) is 11.3 Å². The largest absolute Gasteiger partial charge is 0.316 e. The Hall–Kier alpha value is -1.19. The monoisotopic (exact) mass is 302 g/mol. The molecule has 0 saturated carbocycles. The van der Waals surface area contributed by atoms with Crippen molar-refractivity contribution in [3.8, 4) is 0 Å². The number of nitrogens with one attached hydrogen (secondary N) is 1. The second-order valence-electron chi connectivity index (χ2n) is 6.11. The predicted octanol–water partition coefficient (Wildman–Crippen LogP) is 4.33. The topological polar surface area (TPSA) is 24.9 Å². The molecule has 3 heteroatoms. The highest BCUT2D eigenvalue weighted by atomic mass is 32.1. The van der Waals surface area contributed by atoms with E-state index in [-0.39, 0.29) is 0 Å². The Labute approximate surface area is 132 Å². The molecule has 0 bridgehead atoms. The van der Waals surface area contributed by atoms with Gasteiger partial charge < -0.3 is 5.32 Å². The second kappa shape index (κ2) is 7.71. The molecular formula is C18H26N2S. The number of nitrogens with zero attached hydrogens (tertiary/aromatic N) is 1. The number of aryl methyl sites for hydroxylation is 2. The molecule has 1 aromatic carbocycles. The summed E-state index contributed by atoms with van der Waals surface area (Å²) >= 11 is 1.84. The number of hydrogen-bond donors (Lipinski definition) is 1. The first-order chi connectivity index (χ1) is 10.1. The van der Waals surface area contributed by atoms with Gasteiger partial charge in [0, 0.05) is 23.8 Å². The SMILES string of the molecule is Cc1nc(CC(CNCC(C)C)c2ccccc2)sc1C. The fourth-order valence-corrected chi connectivity index (χ4v) is 3.43. The average Bonchev–Trinajstić information content (AvgIpc) is 2.77. The number of aromatic nitrogens is 1. The van der Waals surface area contributed by atoms with Crippen LogP contribution in [0.2, 0.25) is 0 Å². The Morgan fingerprint density at radius 1 is 1.10 bits per heavy atom. The smallest absolute Gasteiger partial charge is 0.0937 e. The zero-order chi connectivity index (χ0) is 15.2. The lowest BCUT2D eigenvalue weighted by atomic mass is 9.95. The van der Waals surface area contributed by atoms with Gasteiger partial charge in [-0.1, -0.05) is 44.2 Å². The van der Waals surface area contributed by atoms with Gasteiger partial charge in [-0.05, 0) is 31.9 Å². The van der Waals surface area contributed by atoms with Gasteiger partial charge in [0.25, 0.3) is 0 Å². The third-order valence-corrected chi connectivity index (χ3v) is 4.80. The quantitative estimate of drug-likeness (QED) is 0.823. The van der Waals surface area contributed by atoms with Crippen LogP contribution in [0.3, 0.4) is 0 Å². The van der Waals surface area contributed by atoms with Crippen LogP contribution >= 0.6 is 11.3 Å². The van der Waals surface area contributed by atoms with Gasteiger partial charge in [-0.2, -0.15) is 0 Å². The Bertz CT molecular complexity index is 526. The van der Waals surface area contributed by atoms with Gasteiger partial charge in [0.2, 0.25) is 0 Å². The van der Waals surface area contributed by atoms with Crippen molar-refractivity contribution in [3.05, 3.63) is 51.5 Å². The van der Waals surface area contributed by atoms with E-state index in [9.17, 15) is 0 Å². The van der Waals surface area contributed by atoms with Crippen LogP contribution in [0.1, 0.15) is 40.9 Å². The molecule has 0 saturated heterocycles. The summed E-state index contributed by atoms with van der Waals surface area (Å²) in [5.41, 5.74) is 2.58. The fraction of sp³-hybridized carbons (Fsp3) is 0.500. The molecule has 0 radical (unpaired) electrons. The molecule has 0 fully saturated rings. The molecule has 2 nitrogen and oxygen atoms in total. The summed E-state index contributed by atoms with van der Waals surface area (Å²) in [7, 11) is 0. The van der Waals surface area contributed by atoms with Crippen molar-refractivity contribution in [1.82, 2.24) is 10.3 Å². The molecule has 0 aliphatic heterocycles. The number of rotatable bonds is 7. The van der Waals surface area contributed by atoms with E-state index < -0.39 is 0 Å². The van der Waals surface area contributed by atoms with E-state index in [0.29, 0.717) is 11.8 Å². The van der Waals surface area contributed by atoms with Crippen molar-refractivity contribution in [2.75, 3.05) is 13.1 Å². The van der Waals surface area contributed by atoms with Crippen molar-refractivity contribution in [2.45, 2.75) is 40.0 Å². The van der Waals surface area contributed by atoms with Gasteiger partial charge in [-0.25, -0.2) is 4.98 Å². The first-order valence-corrected chi connectivity index (χ1v) is 8.56. The summed E-state index contributed by atoms with van der Waals surface area (Å²) in [6, 6.07) is 10.8. The van der Waals surface area contributed by atoms with Crippen LogP contribution in [0, 0.1) is 19.8 Å². The Kier molecular flexibility index (Phi) is 5.95. The minimum absolute atomic E-state index is 0.495. The van der Waals surface area contributed by atoms with E-state index in [2.05, 4.69) is 63.3 Å². The zero-order valence-electron chi connectivity index (χ0n) is 13.5. The molecule has 1 heterocycles. The maximum absolute atomic E-state index is 4.71. The van der Waals surface area contributed by atoms with Gasteiger partial charge in [0.05, 0.1) is 10.7 Å². The lowest BCUT2D eigenvalue weighted by molar-refractivity contribution is 0.513. The molecule has 1 unspecified atom stereocenters.